The molecule has 1 spiro atoms. The topological polar surface area (TPSA) is 12.5 Å². The van der Waals surface area contributed by atoms with Gasteiger partial charge >= 0.3 is 0 Å². The van der Waals surface area contributed by atoms with E-state index in [1.807, 2.05) is 10.5 Å². The highest BCUT2D eigenvalue weighted by Crippen LogP contribution is 2.51. The van der Waals surface area contributed by atoms with Gasteiger partial charge < -0.3 is 4.74 Å². The Morgan fingerprint density at radius 2 is 2.17 bits per heavy atom. The molecule has 2 aromatic rings. The molecule has 0 amide bonds. The Morgan fingerprint density at radius 3 is 3.00 bits per heavy atom. The Morgan fingerprint density at radius 1 is 1.28 bits per heavy atom. The van der Waals surface area contributed by atoms with E-state index >= 15 is 0 Å². The minimum atomic E-state index is -0.245. The molecular formula is C14H12ClNOS. The predicted molar refractivity (Wildman–Crippen MR) is 74.1 cm³/mol. The summed E-state index contributed by atoms with van der Waals surface area (Å²) in [5.41, 5.74) is 2.27. The molecule has 1 atom stereocenters. The largest absolute Gasteiger partial charge is 0.480 e. The maximum absolute atomic E-state index is 6.32. The lowest BCUT2D eigenvalue weighted by Gasteiger charge is -2.35. The van der Waals surface area contributed by atoms with Gasteiger partial charge in [0.2, 0.25) is 0 Å². The summed E-state index contributed by atoms with van der Waals surface area (Å²) < 4.78 is 8.14. The molecule has 3 heterocycles. The highest BCUT2D eigenvalue weighted by molar-refractivity contribution is 7.13. The van der Waals surface area contributed by atoms with Crippen molar-refractivity contribution in [3.63, 3.8) is 0 Å². The second-order valence-corrected chi connectivity index (χ2v) is 6.24. The number of rotatable bonds is 0. The van der Waals surface area contributed by atoms with Gasteiger partial charge in [-0.2, -0.15) is 0 Å². The summed E-state index contributed by atoms with van der Waals surface area (Å²) in [6.45, 7) is 1.63. The molecule has 1 saturated heterocycles. The van der Waals surface area contributed by atoms with E-state index in [0.29, 0.717) is 0 Å². The van der Waals surface area contributed by atoms with Crippen LogP contribution in [0.5, 0.6) is 5.75 Å². The van der Waals surface area contributed by atoms with Gasteiger partial charge in [0.25, 0.3) is 0 Å². The summed E-state index contributed by atoms with van der Waals surface area (Å²) in [7, 11) is 0. The first-order chi connectivity index (χ1) is 8.78. The van der Waals surface area contributed by atoms with Gasteiger partial charge in [0.1, 0.15) is 5.75 Å². The van der Waals surface area contributed by atoms with Crippen LogP contribution in [-0.2, 0) is 5.60 Å². The summed E-state index contributed by atoms with van der Waals surface area (Å²) in [5, 5.41) is 2.15. The fourth-order valence-corrected chi connectivity index (χ4v) is 4.22. The number of fused-ring (bicyclic) bond motifs is 4. The third-order valence-electron chi connectivity index (χ3n) is 3.78. The highest BCUT2D eigenvalue weighted by atomic mass is 35.5. The summed E-state index contributed by atoms with van der Waals surface area (Å²) in [6, 6.07) is 10.5. The van der Waals surface area contributed by atoms with Crippen molar-refractivity contribution in [3.8, 4) is 16.2 Å². The molecule has 0 bridgehead atoms. The molecule has 1 unspecified atom stereocenters. The quantitative estimate of drug-likeness (QED) is 0.678. The predicted octanol–water partition coefficient (Wildman–Crippen LogP) is 3.86. The Labute approximate surface area is 115 Å². The molecule has 92 valence electrons. The van der Waals surface area contributed by atoms with Gasteiger partial charge in [0.05, 0.1) is 6.54 Å². The van der Waals surface area contributed by atoms with Crippen LogP contribution in [0.1, 0.15) is 12.0 Å². The second kappa shape index (κ2) is 3.73. The zero-order chi connectivity index (χ0) is 12.2. The summed E-state index contributed by atoms with van der Waals surface area (Å²) in [5.74, 6) is 0.986. The first-order valence-corrected chi connectivity index (χ1v) is 7.27. The van der Waals surface area contributed by atoms with E-state index in [0.717, 1.165) is 25.3 Å². The van der Waals surface area contributed by atoms with Gasteiger partial charge in [-0.25, -0.2) is 4.42 Å². The fraction of sp³-hybridized carbons (Fsp3) is 0.286. The molecule has 2 nitrogen and oxygen atoms in total. The van der Waals surface area contributed by atoms with Crippen molar-refractivity contribution in [2.45, 2.75) is 12.0 Å². The molecule has 18 heavy (non-hydrogen) atoms. The lowest BCUT2D eigenvalue weighted by Crippen LogP contribution is -2.37. The maximum Gasteiger partial charge on any atom is 0.151 e. The average Bonchev–Trinajstić information content (AvgIpc) is 2.98. The van der Waals surface area contributed by atoms with Crippen LogP contribution in [-0.4, -0.2) is 17.5 Å². The van der Waals surface area contributed by atoms with E-state index < -0.39 is 0 Å². The van der Waals surface area contributed by atoms with Crippen LogP contribution in [0.3, 0.4) is 0 Å². The van der Waals surface area contributed by atoms with Crippen LogP contribution in [0.2, 0.25) is 0 Å². The van der Waals surface area contributed by atoms with E-state index in [1.54, 1.807) is 11.3 Å². The minimum absolute atomic E-state index is 0.245. The number of nitrogens with zero attached hydrogens (tertiary/aromatic N) is 1. The molecular weight excluding hydrogens is 266 g/mol. The van der Waals surface area contributed by atoms with Crippen LogP contribution >= 0.6 is 23.1 Å². The minimum Gasteiger partial charge on any atom is -0.480 e. The first kappa shape index (κ1) is 10.9. The van der Waals surface area contributed by atoms with Crippen LogP contribution in [0.15, 0.2) is 35.7 Å². The van der Waals surface area contributed by atoms with E-state index in [1.165, 1.54) is 16.0 Å². The van der Waals surface area contributed by atoms with Crippen molar-refractivity contribution in [3.05, 3.63) is 41.3 Å². The number of halogens is 1. The van der Waals surface area contributed by atoms with Crippen LogP contribution in [0, 0.1) is 0 Å². The zero-order valence-corrected chi connectivity index (χ0v) is 11.3. The number of hydrogen-bond donors (Lipinski definition) is 0. The number of para-hydroxylation sites is 1. The fourth-order valence-electron chi connectivity index (χ4n) is 2.93. The number of hydrogen-bond acceptors (Lipinski definition) is 3. The van der Waals surface area contributed by atoms with E-state index in [-0.39, 0.29) is 5.60 Å². The monoisotopic (exact) mass is 277 g/mol. The van der Waals surface area contributed by atoms with Gasteiger partial charge in [0, 0.05) is 29.0 Å². The smallest absolute Gasteiger partial charge is 0.151 e. The van der Waals surface area contributed by atoms with E-state index in [2.05, 4.69) is 29.6 Å². The third-order valence-corrected chi connectivity index (χ3v) is 5.01. The Bertz CT molecular complexity index is 611. The summed E-state index contributed by atoms with van der Waals surface area (Å²) in [6.07, 6.45) is 0.953. The molecule has 2 aliphatic heterocycles. The molecule has 2 aliphatic rings. The van der Waals surface area contributed by atoms with Gasteiger partial charge in [-0.3, -0.25) is 0 Å². The van der Waals surface area contributed by atoms with Gasteiger partial charge in [-0.1, -0.05) is 12.1 Å². The van der Waals surface area contributed by atoms with Crippen molar-refractivity contribution in [1.82, 2.24) is 4.42 Å². The molecule has 0 N–H and O–H groups in total. The molecule has 1 fully saturated rings. The average molecular weight is 278 g/mol. The Hall–Kier alpha value is -1.03. The lowest BCUT2D eigenvalue weighted by atomic mass is 9.88. The van der Waals surface area contributed by atoms with Crippen molar-refractivity contribution in [2.24, 2.45) is 0 Å². The molecule has 0 radical (unpaired) electrons. The number of benzene rings is 1. The standard InChI is InChI=1S/C14H12ClNOS/c15-16-7-6-14(9-16)11-5-8-18-13(11)10-3-1-2-4-12(10)17-14/h1-5,8H,6-7,9H2. The number of ether oxygens (including phenoxy) is 1. The van der Waals surface area contributed by atoms with Crippen LogP contribution in [0.4, 0.5) is 0 Å². The van der Waals surface area contributed by atoms with Crippen LogP contribution in [0.25, 0.3) is 10.4 Å². The van der Waals surface area contributed by atoms with Crippen molar-refractivity contribution >= 4 is 23.1 Å². The first-order valence-electron chi connectivity index (χ1n) is 6.06. The molecule has 1 aromatic heterocycles. The molecule has 4 heteroatoms. The van der Waals surface area contributed by atoms with Crippen molar-refractivity contribution in [1.29, 1.82) is 0 Å². The van der Waals surface area contributed by atoms with E-state index in [4.69, 9.17) is 16.5 Å². The second-order valence-electron chi connectivity index (χ2n) is 4.85. The SMILES string of the molecule is ClN1CCC2(C1)Oc1ccccc1-c1sccc12. The lowest BCUT2D eigenvalue weighted by molar-refractivity contribution is 0.0804. The number of thiophene rings is 1. The molecule has 1 aromatic carbocycles. The van der Waals surface area contributed by atoms with Gasteiger partial charge in [-0.05, 0) is 35.4 Å². The van der Waals surface area contributed by atoms with Crippen LogP contribution < -0.4 is 4.74 Å². The van der Waals surface area contributed by atoms with E-state index in [9.17, 15) is 0 Å². The Balaban J connectivity index is 1.93. The summed E-state index contributed by atoms with van der Waals surface area (Å²) >= 11 is 7.94. The molecule has 4 rings (SSSR count). The van der Waals surface area contributed by atoms with Gasteiger partial charge in [-0.15, -0.1) is 11.3 Å². The molecule has 0 saturated carbocycles. The third kappa shape index (κ3) is 1.38. The van der Waals surface area contributed by atoms with Gasteiger partial charge in [0.15, 0.2) is 5.60 Å². The molecule has 0 aliphatic carbocycles. The normalized spacial score (nSPS) is 25.8. The van der Waals surface area contributed by atoms with Crippen molar-refractivity contribution in [2.75, 3.05) is 13.1 Å². The highest BCUT2D eigenvalue weighted by Gasteiger charge is 2.46. The summed E-state index contributed by atoms with van der Waals surface area (Å²) in [4.78, 5) is 1.34. The zero-order valence-electron chi connectivity index (χ0n) is 9.73. The van der Waals surface area contributed by atoms with Crippen molar-refractivity contribution < 1.29 is 4.74 Å². The maximum atomic E-state index is 6.32. The Kier molecular flexibility index (Phi) is 2.25.